The number of fused-ring (bicyclic) bond motifs is 1. The molecule has 0 spiro atoms. The average molecular weight is 337 g/mol. The van der Waals surface area contributed by atoms with Gasteiger partial charge in [0.15, 0.2) is 0 Å². The van der Waals surface area contributed by atoms with Gasteiger partial charge in [0.2, 0.25) is 5.91 Å². The molecule has 7 heteroatoms. The summed E-state index contributed by atoms with van der Waals surface area (Å²) in [6, 6.07) is 6.08. The third-order valence-corrected chi connectivity index (χ3v) is 4.76. The first-order valence-electron chi connectivity index (χ1n) is 8.14. The van der Waals surface area contributed by atoms with Crippen LogP contribution in [0, 0.1) is 5.92 Å². The molecule has 130 valence electrons. The predicted octanol–water partition coefficient (Wildman–Crippen LogP) is 2.93. The number of urea groups is 1. The summed E-state index contributed by atoms with van der Waals surface area (Å²) < 4.78 is 26.3. The van der Waals surface area contributed by atoms with Gasteiger partial charge in [-0.15, -0.1) is 0 Å². The van der Waals surface area contributed by atoms with E-state index in [0.717, 1.165) is 10.5 Å². The number of amides is 3. The van der Waals surface area contributed by atoms with E-state index in [-0.39, 0.29) is 18.4 Å². The number of halogens is 2. The van der Waals surface area contributed by atoms with Crippen LogP contribution in [-0.2, 0) is 11.3 Å². The molecular weight excluding hydrogens is 316 g/mol. The molecule has 0 unspecified atom stereocenters. The van der Waals surface area contributed by atoms with Gasteiger partial charge in [0.1, 0.15) is 6.04 Å². The van der Waals surface area contributed by atoms with Crippen LogP contribution in [0.4, 0.5) is 19.3 Å². The van der Waals surface area contributed by atoms with Crippen molar-refractivity contribution in [3.8, 4) is 0 Å². The molecular formula is C17H21F2N3O2. The molecule has 2 atom stereocenters. The zero-order valence-corrected chi connectivity index (χ0v) is 13.8. The van der Waals surface area contributed by atoms with Gasteiger partial charge in [0.25, 0.3) is 5.92 Å². The molecule has 0 aromatic heterocycles. The Labute approximate surface area is 139 Å². The van der Waals surface area contributed by atoms with Crippen molar-refractivity contribution in [1.82, 2.24) is 9.80 Å². The van der Waals surface area contributed by atoms with Gasteiger partial charge in [-0.05, 0) is 17.5 Å². The summed E-state index contributed by atoms with van der Waals surface area (Å²) in [6.45, 7) is 2.89. The van der Waals surface area contributed by atoms with Crippen molar-refractivity contribution in [1.29, 1.82) is 0 Å². The molecule has 24 heavy (non-hydrogen) atoms. The fraction of sp³-hybridized carbons (Fsp3) is 0.529. The molecule has 1 fully saturated rings. The second kappa shape index (κ2) is 6.03. The number of carbonyl (C=O) groups excluding carboxylic acids is 2. The number of para-hydroxylation sites is 1. The molecule has 1 aromatic rings. The van der Waals surface area contributed by atoms with E-state index in [1.165, 1.54) is 4.90 Å². The van der Waals surface area contributed by atoms with Crippen LogP contribution in [0.2, 0.25) is 0 Å². The highest BCUT2D eigenvalue weighted by molar-refractivity contribution is 5.99. The molecule has 1 aromatic carbocycles. The van der Waals surface area contributed by atoms with E-state index >= 15 is 0 Å². The lowest BCUT2D eigenvalue weighted by atomic mass is 9.96. The Bertz CT molecular complexity index is 657. The zero-order valence-electron chi connectivity index (χ0n) is 13.8. The van der Waals surface area contributed by atoms with Crippen LogP contribution in [-0.4, -0.2) is 46.8 Å². The summed E-state index contributed by atoms with van der Waals surface area (Å²) in [6.07, 6.45) is 0.703. The zero-order chi connectivity index (χ0) is 17.5. The molecule has 5 nitrogen and oxygen atoms in total. The first kappa shape index (κ1) is 16.7. The summed E-state index contributed by atoms with van der Waals surface area (Å²) in [7, 11) is 0. The van der Waals surface area contributed by atoms with Crippen LogP contribution >= 0.6 is 0 Å². The van der Waals surface area contributed by atoms with Crippen LogP contribution in [0.5, 0.6) is 0 Å². The number of likely N-dealkylation sites (tertiary alicyclic amines) is 1. The maximum atomic E-state index is 13.1. The van der Waals surface area contributed by atoms with Crippen molar-refractivity contribution in [3.05, 3.63) is 29.8 Å². The third kappa shape index (κ3) is 2.95. The van der Waals surface area contributed by atoms with Gasteiger partial charge >= 0.3 is 6.03 Å². The molecule has 1 saturated heterocycles. The van der Waals surface area contributed by atoms with Crippen LogP contribution in [0.3, 0.4) is 0 Å². The number of rotatable bonds is 2. The van der Waals surface area contributed by atoms with Gasteiger partial charge in [-0.1, -0.05) is 38.5 Å². The standard InChI is InChI=1S/C17H21F2N3O2/c1-3-11(2)14-15(23)20-13-7-5-4-6-12(13)8-22(14)16(24)21-9-17(18,19)10-21/h4-7,11,14H,3,8-10H2,1-2H3,(H,20,23)/t11-,14-/m0/s1. The number of carbonyl (C=O) groups is 2. The highest BCUT2D eigenvalue weighted by atomic mass is 19.3. The van der Waals surface area contributed by atoms with Gasteiger partial charge in [-0.3, -0.25) is 4.79 Å². The van der Waals surface area contributed by atoms with E-state index < -0.39 is 31.1 Å². The summed E-state index contributed by atoms with van der Waals surface area (Å²) in [5.41, 5.74) is 1.47. The molecule has 0 saturated carbocycles. The maximum Gasteiger partial charge on any atom is 0.321 e. The van der Waals surface area contributed by atoms with E-state index in [2.05, 4.69) is 5.32 Å². The number of nitrogens with one attached hydrogen (secondary N) is 1. The first-order chi connectivity index (χ1) is 11.3. The van der Waals surface area contributed by atoms with Crippen molar-refractivity contribution in [2.45, 2.75) is 38.8 Å². The van der Waals surface area contributed by atoms with Gasteiger partial charge in [0.05, 0.1) is 19.6 Å². The largest absolute Gasteiger partial charge is 0.324 e. The SMILES string of the molecule is CC[C@H](C)[C@H]1C(=O)Nc2ccccc2CN1C(=O)N1CC(F)(F)C1. The number of hydrogen-bond donors (Lipinski definition) is 1. The molecule has 3 amide bonds. The number of benzene rings is 1. The Morgan fingerprint density at radius 3 is 2.67 bits per heavy atom. The smallest absolute Gasteiger partial charge is 0.321 e. The molecule has 3 rings (SSSR count). The van der Waals surface area contributed by atoms with Crippen LogP contribution in [0.25, 0.3) is 0 Å². The molecule has 2 heterocycles. The van der Waals surface area contributed by atoms with Crippen LogP contribution < -0.4 is 5.32 Å². The lowest BCUT2D eigenvalue weighted by Gasteiger charge is -2.43. The second-order valence-electron chi connectivity index (χ2n) is 6.60. The Hall–Kier alpha value is -2.18. The number of nitrogens with zero attached hydrogens (tertiary/aromatic N) is 2. The minimum Gasteiger partial charge on any atom is -0.324 e. The van der Waals surface area contributed by atoms with Crippen molar-refractivity contribution in [3.63, 3.8) is 0 Å². The van der Waals surface area contributed by atoms with Crippen molar-refractivity contribution >= 4 is 17.6 Å². The average Bonchev–Trinajstić information content (AvgIpc) is 2.66. The number of hydrogen-bond acceptors (Lipinski definition) is 2. The highest BCUT2D eigenvalue weighted by Gasteiger charge is 2.49. The predicted molar refractivity (Wildman–Crippen MR) is 85.8 cm³/mol. The summed E-state index contributed by atoms with van der Waals surface area (Å²) in [5, 5.41) is 2.86. The normalized spacial score (nSPS) is 23.7. The van der Waals surface area contributed by atoms with Crippen LogP contribution in [0.1, 0.15) is 25.8 Å². The Kier molecular flexibility index (Phi) is 4.19. The second-order valence-corrected chi connectivity index (χ2v) is 6.60. The van der Waals surface area contributed by atoms with Crippen molar-refractivity contribution < 1.29 is 18.4 Å². The third-order valence-electron chi connectivity index (χ3n) is 4.76. The van der Waals surface area contributed by atoms with E-state index in [0.29, 0.717) is 12.1 Å². The Morgan fingerprint density at radius 1 is 1.38 bits per heavy atom. The van der Waals surface area contributed by atoms with Gasteiger partial charge in [0, 0.05) is 5.69 Å². The maximum absolute atomic E-state index is 13.1. The van der Waals surface area contributed by atoms with Crippen molar-refractivity contribution in [2.24, 2.45) is 5.92 Å². The molecule has 0 bridgehead atoms. The summed E-state index contributed by atoms with van der Waals surface area (Å²) in [5.74, 6) is -3.17. The van der Waals surface area contributed by atoms with Gasteiger partial charge in [-0.2, -0.15) is 0 Å². The lowest BCUT2D eigenvalue weighted by molar-refractivity contribution is -0.126. The number of alkyl halides is 2. The van der Waals surface area contributed by atoms with E-state index in [1.54, 1.807) is 6.07 Å². The highest BCUT2D eigenvalue weighted by Crippen LogP contribution is 2.32. The fourth-order valence-electron chi connectivity index (χ4n) is 3.21. The Balaban J connectivity index is 1.92. The summed E-state index contributed by atoms with van der Waals surface area (Å²) in [4.78, 5) is 28.0. The van der Waals surface area contributed by atoms with Crippen molar-refractivity contribution in [2.75, 3.05) is 18.4 Å². The minimum atomic E-state index is -2.83. The molecule has 1 N–H and O–H groups in total. The molecule has 0 aliphatic carbocycles. The Morgan fingerprint density at radius 2 is 2.04 bits per heavy atom. The van der Waals surface area contributed by atoms with Gasteiger partial charge in [-0.25, -0.2) is 13.6 Å². The van der Waals surface area contributed by atoms with E-state index in [1.807, 2.05) is 32.0 Å². The molecule has 0 radical (unpaired) electrons. The lowest BCUT2D eigenvalue weighted by Crippen LogP contribution is -2.63. The first-order valence-corrected chi connectivity index (χ1v) is 8.14. The van der Waals surface area contributed by atoms with E-state index in [9.17, 15) is 18.4 Å². The number of anilines is 1. The topological polar surface area (TPSA) is 52.7 Å². The molecule has 2 aliphatic rings. The summed E-state index contributed by atoms with van der Waals surface area (Å²) >= 11 is 0. The minimum absolute atomic E-state index is 0.0787. The quantitative estimate of drug-likeness (QED) is 0.902. The van der Waals surface area contributed by atoms with Gasteiger partial charge < -0.3 is 15.1 Å². The van der Waals surface area contributed by atoms with E-state index in [4.69, 9.17) is 0 Å². The fourth-order valence-corrected chi connectivity index (χ4v) is 3.21. The molecule has 2 aliphatic heterocycles. The monoisotopic (exact) mass is 337 g/mol. The van der Waals surface area contributed by atoms with Crippen LogP contribution in [0.15, 0.2) is 24.3 Å².